The van der Waals surface area contributed by atoms with Gasteiger partial charge in [-0.25, -0.2) is 5.43 Å². The number of hydrogen-bond donors (Lipinski definition) is 2. The highest BCUT2D eigenvalue weighted by Gasteiger charge is 2.16. The molecule has 3 heteroatoms. The van der Waals surface area contributed by atoms with Gasteiger partial charge in [0.2, 0.25) is 0 Å². The largest absolute Gasteiger partial charge is 0.271 e. The maximum Gasteiger partial charge on any atom is 0.0724 e. The van der Waals surface area contributed by atoms with Crippen molar-refractivity contribution in [2.75, 3.05) is 0 Å². The highest BCUT2D eigenvalue weighted by molar-refractivity contribution is 6.32. The predicted octanol–water partition coefficient (Wildman–Crippen LogP) is 4.15. The summed E-state index contributed by atoms with van der Waals surface area (Å²) >= 11 is 6.40. The first-order chi connectivity index (χ1) is 9.67. The summed E-state index contributed by atoms with van der Waals surface area (Å²) < 4.78 is 0. The molecule has 0 aliphatic rings. The van der Waals surface area contributed by atoms with Gasteiger partial charge in [-0.05, 0) is 35.6 Å². The van der Waals surface area contributed by atoms with Crippen molar-refractivity contribution in [3.63, 3.8) is 0 Å². The van der Waals surface area contributed by atoms with Crippen LogP contribution in [0.5, 0.6) is 0 Å². The lowest BCUT2D eigenvalue weighted by atomic mass is 9.96. The highest BCUT2D eigenvalue weighted by atomic mass is 35.5. The Bertz CT molecular complexity index is 564. The molecule has 0 spiro atoms. The van der Waals surface area contributed by atoms with Gasteiger partial charge in [-0.1, -0.05) is 67.4 Å². The second-order valence-corrected chi connectivity index (χ2v) is 5.45. The second kappa shape index (κ2) is 6.89. The van der Waals surface area contributed by atoms with Crippen molar-refractivity contribution in [3.05, 3.63) is 69.7 Å². The van der Waals surface area contributed by atoms with Crippen LogP contribution in [-0.4, -0.2) is 0 Å². The first-order valence-electron chi connectivity index (χ1n) is 6.97. The van der Waals surface area contributed by atoms with E-state index in [-0.39, 0.29) is 6.04 Å². The summed E-state index contributed by atoms with van der Waals surface area (Å²) in [6.45, 7) is 4.19. The third-order valence-corrected chi connectivity index (χ3v) is 4.07. The first kappa shape index (κ1) is 15.0. The number of hydrazine groups is 1. The van der Waals surface area contributed by atoms with Gasteiger partial charge in [-0.3, -0.25) is 5.84 Å². The van der Waals surface area contributed by atoms with Crippen LogP contribution < -0.4 is 11.3 Å². The van der Waals surface area contributed by atoms with E-state index >= 15 is 0 Å². The smallest absolute Gasteiger partial charge is 0.0724 e. The Hall–Kier alpha value is -1.35. The summed E-state index contributed by atoms with van der Waals surface area (Å²) in [5.74, 6) is 5.74. The van der Waals surface area contributed by atoms with Gasteiger partial charge in [-0.15, -0.1) is 0 Å². The van der Waals surface area contributed by atoms with Crippen LogP contribution >= 0.6 is 11.6 Å². The summed E-state index contributed by atoms with van der Waals surface area (Å²) in [6, 6.07) is 14.5. The lowest BCUT2D eigenvalue weighted by Gasteiger charge is -2.19. The van der Waals surface area contributed by atoms with E-state index in [1.807, 2.05) is 25.1 Å². The van der Waals surface area contributed by atoms with Crippen molar-refractivity contribution >= 4 is 11.6 Å². The molecular weight excluding hydrogens is 268 g/mol. The number of aryl methyl sites for hydroxylation is 2. The summed E-state index contributed by atoms with van der Waals surface area (Å²) in [5.41, 5.74) is 7.42. The van der Waals surface area contributed by atoms with Gasteiger partial charge in [0.15, 0.2) is 0 Å². The maximum atomic E-state index is 6.40. The Morgan fingerprint density at radius 2 is 1.85 bits per heavy atom. The molecule has 1 atom stereocenters. The van der Waals surface area contributed by atoms with Crippen molar-refractivity contribution in [2.45, 2.75) is 32.7 Å². The molecule has 2 aromatic rings. The van der Waals surface area contributed by atoms with E-state index in [4.69, 9.17) is 17.4 Å². The molecule has 2 rings (SSSR count). The Morgan fingerprint density at radius 1 is 1.15 bits per heavy atom. The minimum Gasteiger partial charge on any atom is -0.271 e. The molecule has 3 N–H and O–H groups in total. The molecule has 0 aromatic heterocycles. The van der Waals surface area contributed by atoms with Crippen LogP contribution in [0.2, 0.25) is 5.02 Å². The van der Waals surface area contributed by atoms with Crippen LogP contribution in [0.25, 0.3) is 0 Å². The SMILES string of the molecule is CCCc1ccc(C(NN)c2cccc(C)c2Cl)cc1. The average molecular weight is 289 g/mol. The lowest BCUT2D eigenvalue weighted by molar-refractivity contribution is 0.636. The molecule has 0 saturated carbocycles. The molecule has 1 unspecified atom stereocenters. The monoisotopic (exact) mass is 288 g/mol. The third kappa shape index (κ3) is 3.21. The number of benzene rings is 2. The third-order valence-electron chi connectivity index (χ3n) is 3.55. The number of nitrogens with one attached hydrogen (secondary N) is 1. The fourth-order valence-electron chi connectivity index (χ4n) is 2.42. The van der Waals surface area contributed by atoms with Crippen LogP contribution in [-0.2, 0) is 6.42 Å². The molecule has 0 amide bonds. The number of rotatable bonds is 5. The van der Waals surface area contributed by atoms with E-state index in [1.54, 1.807) is 0 Å². The standard InChI is InChI=1S/C17H21ClN2/c1-3-5-13-8-10-14(11-9-13)17(20-19)15-7-4-6-12(2)16(15)18/h4,6-11,17,20H,3,5,19H2,1-2H3. The summed E-state index contributed by atoms with van der Waals surface area (Å²) in [4.78, 5) is 0. The van der Waals surface area contributed by atoms with Crippen LogP contribution in [0.15, 0.2) is 42.5 Å². The lowest BCUT2D eigenvalue weighted by Crippen LogP contribution is -2.29. The van der Waals surface area contributed by atoms with E-state index < -0.39 is 0 Å². The summed E-state index contributed by atoms with van der Waals surface area (Å²) in [7, 11) is 0. The highest BCUT2D eigenvalue weighted by Crippen LogP contribution is 2.30. The Morgan fingerprint density at radius 3 is 2.45 bits per heavy atom. The molecule has 0 heterocycles. The normalized spacial score (nSPS) is 12.4. The zero-order chi connectivity index (χ0) is 14.5. The quantitative estimate of drug-likeness (QED) is 0.640. The van der Waals surface area contributed by atoms with Crippen molar-refractivity contribution in [3.8, 4) is 0 Å². The first-order valence-corrected chi connectivity index (χ1v) is 7.35. The minimum atomic E-state index is -0.0851. The van der Waals surface area contributed by atoms with Gasteiger partial charge in [0.1, 0.15) is 0 Å². The van der Waals surface area contributed by atoms with Gasteiger partial charge >= 0.3 is 0 Å². The van der Waals surface area contributed by atoms with Crippen LogP contribution in [0.4, 0.5) is 0 Å². The number of halogens is 1. The van der Waals surface area contributed by atoms with Crippen molar-refractivity contribution in [2.24, 2.45) is 5.84 Å². The minimum absolute atomic E-state index is 0.0851. The zero-order valence-corrected chi connectivity index (χ0v) is 12.7. The second-order valence-electron chi connectivity index (χ2n) is 5.07. The van der Waals surface area contributed by atoms with E-state index in [1.165, 1.54) is 5.56 Å². The Kier molecular flexibility index (Phi) is 5.18. The van der Waals surface area contributed by atoms with Crippen LogP contribution in [0.3, 0.4) is 0 Å². The van der Waals surface area contributed by atoms with Crippen molar-refractivity contribution in [1.29, 1.82) is 0 Å². The fraction of sp³-hybridized carbons (Fsp3) is 0.294. The van der Waals surface area contributed by atoms with Gasteiger partial charge in [0, 0.05) is 5.02 Å². The van der Waals surface area contributed by atoms with Gasteiger partial charge in [0.25, 0.3) is 0 Å². The maximum absolute atomic E-state index is 6.40. The molecule has 0 radical (unpaired) electrons. The number of nitrogens with two attached hydrogens (primary N) is 1. The molecule has 0 aliphatic carbocycles. The van der Waals surface area contributed by atoms with Crippen LogP contribution in [0.1, 0.15) is 41.6 Å². The molecule has 0 saturated heterocycles. The Balaban J connectivity index is 2.34. The van der Waals surface area contributed by atoms with E-state index in [9.17, 15) is 0 Å². The molecule has 2 nitrogen and oxygen atoms in total. The topological polar surface area (TPSA) is 38.0 Å². The molecule has 0 bridgehead atoms. The van der Waals surface area contributed by atoms with E-state index in [0.717, 1.165) is 34.6 Å². The molecular formula is C17H21ClN2. The molecule has 0 fully saturated rings. The summed E-state index contributed by atoms with van der Waals surface area (Å²) in [5, 5.41) is 0.771. The van der Waals surface area contributed by atoms with Gasteiger partial charge in [0.05, 0.1) is 6.04 Å². The molecule has 2 aromatic carbocycles. The zero-order valence-electron chi connectivity index (χ0n) is 12.0. The predicted molar refractivity (Wildman–Crippen MR) is 85.8 cm³/mol. The summed E-state index contributed by atoms with van der Waals surface area (Å²) in [6.07, 6.45) is 2.26. The average Bonchev–Trinajstić information content (AvgIpc) is 2.46. The molecule has 106 valence electrons. The van der Waals surface area contributed by atoms with E-state index in [2.05, 4.69) is 36.6 Å². The van der Waals surface area contributed by atoms with Crippen molar-refractivity contribution in [1.82, 2.24) is 5.43 Å². The molecule has 20 heavy (non-hydrogen) atoms. The van der Waals surface area contributed by atoms with Crippen molar-refractivity contribution < 1.29 is 0 Å². The van der Waals surface area contributed by atoms with E-state index in [0.29, 0.717) is 0 Å². The number of hydrogen-bond acceptors (Lipinski definition) is 2. The Labute approximate surface area is 125 Å². The molecule has 0 aliphatic heterocycles. The van der Waals surface area contributed by atoms with Gasteiger partial charge in [-0.2, -0.15) is 0 Å². The van der Waals surface area contributed by atoms with Crippen LogP contribution in [0, 0.1) is 6.92 Å². The van der Waals surface area contributed by atoms with Gasteiger partial charge < -0.3 is 0 Å². The fourth-order valence-corrected chi connectivity index (χ4v) is 2.66.